The van der Waals surface area contributed by atoms with Gasteiger partial charge in [-0.15, -0.1) is 12.4 Å². The molecular formula is C16H32ClN3O2. The van der Waals surface area contributed by atoms with E-state index in [0.717, 1.165) is 39.1 Å². The second-order valence-corrected chi connectivity index (χ2v) is 5.77. The zero-order valence-corrected chi connectivity index (χ0v) is 14.8. The summed E-state index contributed by atoms with van der Waals surface area (Å²) in [6.45, 7) is 8.42. The van der Waals surface area contributed by atoms with Gasteiger partial charge in [0.1, 0.15) is 0 Å². The van der Waals surface area contributed by atoms with Gasteiger partial charge in [0.2, 0.25) is 11.8 Å². The number of nitrogens with one attached hydrogen (secondary N) is 2. The highest BCUT2D eigenvalue weighted by Crippen LogP contribution is 2.12. The highest BCUT2D eigenvalue weighted by atomic mass is 35.5. The first-order chi connectivity index (χ1) is 10.2. The first-order valence-corrected chi connectivity index (χ1v) is 8.42. The molecule has 1 rings (SSSR count). The van der Waals surface area contributed by atoms with Gasteiger partial charge in [-0.05, 0) is 58.5 Å². The van der Waals surface area contributed by atoms with Gasteiger partial charge < -0.3 is 15.5 Å². The van der Waals surface area contributed by atoms with Crippen molar-refractivity contribution in [2.75, 3.05) is 32.7 Å². The molecule has 0 aromatic carbocycles. The molecule has 22 heavy (non-hydrogen) atoms. The summed E-state index contributed by atoms with van der Waals surface area (Å²) in [7, 11) is 0. The van der Waals surface area contributed by atoms with E-state index in [1.54, 1.807) is 0 Å². The molecule has 1 atom stereocenters. The molecule has 1 fully saturated rings. The summed E-state index contributed by atoms with van der Waals surface area (Å²) in [5, 5.41) is 6.36. The van der Waals surface area contributed by atoms with Gasteiger partial charge in [-0.25, -0.2) is 0 Å². The Morgan fingerprint density at radius 3 is 2.55 bits per heavy atom. The minimum Gasteiger partial charge on any atom is -0.356 e. The average Bonchev–Trinajstić information content (AvgIpc) is 2.49. The summed E-state index contributed by atoms with van der Waals surface area (Å²) in [4.78, 5) is 25.3. The summed E-state index contributed by atoms with van der Waals surface area (Å²) in [6, 6.07) is 0. The van der Waals surface area contributed by atoms with Gasteiger partial charge in [0.25, 0.3) is 0 Å². The predicted octanol–water partition coefficient (Wildman–Crippen LogP) is 1.95. The lowest BCUT2D eigenvalue weighted by Crippen LogP contribution is -2.33. The molecule has 0 saturated carbocycles. The highest BCUT2D eigenvalue weighted by molar-refractivity contribution is 5.85. The lowest BCUT2D eigenvalue weighted by molar-refractivity contribution is -0.131. The van der Waals surface area contributed by atoms with Gasteiger partial charge in [0.15, 0.2) is 0 Å². The molecular weight excluding hydrogens is 302 g/mol. The number of carbonyl (C=O) groups is 2. The van der Waals surface area contributed by atoms with E-state index in [4.69, 9.17) is 0 Å². The summed E-state index contributed by atoms with van der Waals surface area (Å²) in [5.41, 5.74) is 0. The van der Waals surface area contributed by atoms with Crippen molar-refractivity contribution < 1.29 is 9.59 Å². The molecule has 1 aliphatic rings. The van der Waals surface area contributed by atoms with Crippen LogP contribution < -0.4 is 10.6 Å². The van der Waals surface area contributed by atoms with Crippen LogP contribution >= 0.6 is 12.4 Å². The number of nitrogens with zero attached hydrogens (tertiary/aromatic N) is 1. The van der Waals surface area contributed by atoms with E-state index in [0.29, 0.717) is 25.2 Å². The minimum atomic E-state index is 0. The van der Waals surface area contributed by atoms with Crippen LogP contribution in [-0.4, -0.2) is 49.4 Å². The van der Waals surface area contributed by atoms with Gasteiger partial charge in [0, 0.05) is 32.5 Å². The van der Waals surface area contributed by atoms with Crippen LogP contribution in [0.15, 0.2) is 0 Å². The molecule has 1 heterocycles. The van der Waals surface area contributed by atoms with Crippen molar-refractivity contribution in [1.82, 2.24) is 15.5 Å². The van der Waals surface area contributed by atoms with E-state index in [1.807, 2.05) is 18.7 Å². The Labute approximate surface area is 141 Å². The van der Waals surface area contributed by atoms with E-state index in [9.17, 15) is 9.59 Å². The maximum atomic E-state index is 11.8. The van der Waals surface area contributed by atoms with Crippen molar-refractivity contribution in [2.24, 2.45) is 5.92 Å². The summed E-state index contributed by atoms with van der Waals surface area (Å²) in [6.07, 6.45) is 5.13. The Morgan fingerprint density at radius 1 is 1.23 bits per heavy atom. The van der Waals surface area contributed by atoms with Gasteiger partial charge in [-0.2, -0.15) is 0 Å². The smallest absolute Gasteiger partial charge is 0.222 e. The van der Waals surface area contributed by atoms with E-state index >= 15 is 0 Å². The number of hydrogen-bond acceptors (Lipinski definition) is 3. The second-order valence-electron chi connectivity index (χ2n) is 5.77. The molecule has 1 aliphatic heterocycles. The molecule has 6 heteroatoms. The van der Waals surface area contributed by atoms with Gasteiger partial charge in [0.05, 0.1) is 0 Å². The molecule has 2 amide bonds. The number of amides is 2. The lowest BCUT2D eigenvalue weighted by Gasteiger charge is -2.22. The largest absolute Gasteiger partial charge is 0.356 e. The number of halogens is 1. The molecule has 0 spiro atoms. The summed E-state index contributed by atoms with van der Waals surface area (Å²) >= 11 is 0. The van der Waals surface area contributed by atoms with Crippen molar-refractivity contribution in [2.45, 2.75) is 52.4 Å². The van der Waals surface area contributed by atoms with Crippen molar-refractivity contribution in [3.05, 3.63) is 0 Å². The van der Waals surface area contributed by atoms with Crippen LogP contribution in [0.25, 0.3) is 0 Å². The molecule has 0 aromatic rings. The van der Waals surface area contributed by atoms with Gasteiger partial charge in [-0.3, -0.25) is 9.59 Å². The van der Waals surface area contributed by atoms with Crippen LogP contribution in [0.4, 0.5) is 0 Å². The quantitative estimate of drug-likeness (QED) is 0.678. The van der Waals surface area contributed by atoms with Gasteiger partial charge >= 0.3 is 0 Å². The Morgan fingerprint density at radius 2 is 1.95 bits per heavy atom. The Balaban J connectivity index is 0.00000441. The summed E-state index contributed by atoms with van der Waals surface area (Å²) < 4.78 is 0. The summed E-state index contributed by atoms with van der Waals surface area (Å²) in [5.74, 6) is 0.926. The normalized spacial score (nSPS) is 17.5. The molecule has 0 bridgehead atoms. The van der Waals surface area contributed by atoms with Crippen LogP contribution in [0, 0.1) is 5.92 Å². The monoisotopic (exact) mass is 333 g/mol. The minimum absolute atomic E-state index is 0. The molecule has 5 nitrogen and oxygen atoms in total. The van der Waals surface area contributed by atoms with E-state index in [-0.39, 0.29) is 24.2 Å². The van der Waals surface area contributed by atoms with Crippen molar-refractivity contribution >= 4 is 24.2 Å². The molecule has 1 saturated heterocycles. The van der Waals surface area contributed by atoms with Crippen LogP contribution in [0.5, 0.6) is 0 Å². The third-order valence-electron chi connectivity index (χ3n) is 4.18. The number of hydrogen-bond donors (Lipinski definition) is 2. The number of rotatable bonds is 9. The topological polar surface area (TPSA) is 61.4 Å². The van der Waals surface area contributed by atoms with Crippen molar-refractivity contribution in [3.8, 4) is 0 Å². The van der Waals surface area contributed by atoms with Crippen LogP contribution in [0.1, 0.15) is 52.4 Å². The van der Waals surface area contributed by atoms with Gasteiger partial charge in [-0.1, -0.05) is 0 Å². The SMILES string of the molecule is CCN(CC)C(=O)CCCC(=O)NCCC1CCCNC1.Cl. The maximum absolute atomic E-state index is 11.8. The zero-order chi connectivity index (χ0) is 15.5. The Kier molecular flexibility index (Phi) is 12.2. The van der Waals surface area contributed by atoms with E-state index in [1.165, 1.54) is 12.8 Å². The lowest BCUT2D eigenvalue weighted by atomic mass is 9.96. The van der Waals surface area contributed by atoms with Crippen LogP contribution in [0.2, 0.25) is 0 Å². The fourth-order valence-electron chi connectivity index (χ4n) is 2.81. The fourth-order valence-corrected chi connectivity index (χ4v) is 2.81. The number of carbonyl (C=O) groups excluding carboxylic acids is 2. The molecule has 0 aliphatic carbocycles. The van der Waals surface area contributed by atoms with Crippen LogP contribution in [-0.2, 0) is 9.59 Å². The number of piperidine rings is 1. The second kappa shape index (κ2) is 12.7. The van der Waals surface area contributed by atoms with Crippen LogP contribution in [0.3, 0.4) is 0 Å². The average molecular weight is 334 g/mol. The third-order valence-corrected chi connectivity index (χ3v) is 4.18. The first-order valence-electron chi connectivity index (χ1n) is 8.42. The van der Waals surface area contributed by atoms with E-state index in [2.05, 4.69) is 10.6 Å². The Hall–Kier alpha value is -0.810. The van der Waals surface area contributed by atoms with Crippen molar-refractivity contribution in [1.29, 1.82) is 0 Å². The predicted molar refractivity (Wildman–Crippen MR) is 92.2 cm³/mol. The maximum Gasteiger partial charge on any atom is 0.222 e. The molecule has 2 N–H and O–H groups in total. The molecule has 0 aromatic heterocycles. The zero-order valence-electron chi connectivity index (χ0n) is 14.0. The molecule has 0 radical (unpaired) electrons. The third kappa shape index (κ3) is 8.59. The standard InChI is InChI=1S/C16H31N3O2.ClH/c1-3-19(4-2)16(21)9-5-8-15(20)18-12-10-14-7-6-11-17-13-14;/h14,17H,3-13H2,1-2H3,(H,18,20);1H. The first kappa shape index (κ1) is 21.2. The fraction of sp³-hybridized carbons (Fsp3) is 0.875. The van der Waals surface area contributed by atoms with Crippen molar-refractivity contribution in [3.63, 3.8) is 0 Å². The molecule has 130 valence electrons. The Bertz CT molecular complexity index is 317. The van der Waals surface area contributed by atoms with E-state index < -0.39 is 0 Å². The highest BCUT2D eigenvalue weighted by Gasteiger charge is 2.13. The molecule has 1 unspecified atom stereocenters.